The van der Waals surface area contributed by atoms with Crippen molar-refractivity contribution in [3.05, 3.63) is 83.2 Å². The lowest BCUT2D eigenvalue weighted by molar-refractivity contribution is -0.142. The first-order valence-electron chi connectivity index (χ1n) is 12.7. The third-order valence-corrected chi connectivity index (χ3v) is 6.16. The number of amides is 1. The molecule has 39 heavy (non-hydrogen) atoms. The molecule has 0 aliphatic rings. The van der Waals surface area contributed by atoms with Gasteiger partial charge in [-0.2, -0.15) is 4.98 Å². The number of methoxy groups -OCH3 is 1. The molecule has 3 aromatic carbocycles. The van der Waals surface area contributed by atoms with E-state index in [2.05, 4.69) is 34.5 Å². The smallest absolute Gasteiger partial charge is 0.307 e. The molecule has 0 bridgehead atoms. The van der Waals surface area contributed by atoms with Crippen molar-refractivity contribution in [2.24, 2.45) is 0 Å². The highest BCUT2D eigenvalue weighted by Crippen LogP contribution is 2.32. The molecule has 0 atom stereocenters. The van der Waals surface area contributed by atoms with Gasteiger partial charge in [0.2, 0.25) is 5.82 Å². The van der Waals surface area contributed by atoms with Crippen LogP contribution < -0.4 is 5.32 Å². The summed E-state index contributed by atoms with van der Waals surface area (Å²) in [6.07, 6.45) is 0.908. The zero-order valence-corrected chi connectivity index (χ0v) is 22.1. The van der Waals surface area contributed by atoms with Gasteiger partial charge in [-0.25, -0.2) is 4.39 Å². The van der Waals surface area contributed by atoms with E-state index in [9.17, 15) is 14.0 Å². The van der Waals surface area contributed by atoms with Crippen molar-refractivity contribution in [3.63, 3.8) is 0 Å². The molecule has 0 fully saturated rings. The first-order chi connectivity index (χ1) is 18.9. The van der Waals surface area contributed by atoms with Crippen LogP contribution in [0.3, 0.4) is 0 Å². The van der Waals surface area contributed by atoms with Gasteiger partial charge in [-0.05, 0) is 59.9 Å². The number of hydrogen-bond acceptors (Lipinski definition) is 7. The molecular weight excluding hydrogens is 501 g/mol. The van der Waals surface area contributed by atoms with E-state index in [1.807, 2.05) is 30.3 Å². The summed E-state index contributed by atoms with van der Waals surface area (Å²) in [4.78, 5) is 28.2. The normalized spacial score (nSPS) is 10.9. The molecule has 4 aromatic rings. The Balaban J connectivity index is 1.53. The highest BCUT2D eigenvalue weighted by Gasteiger charge is 2.18. The summed E-state index contributed by atoms with van der Waals surface area (Å²) in [5.74, 6) is -1.34. The zero-order chi connectivity index (χ0) is 27.8. The average Bonchev–Trinajstić information content (AvgIpc) is 3.44. The quantitative estimate of drug-likeness (QED) is 0.251. The molecule has 0 unspecified atom stereocenters. The fourth-order valence-corrected chi connectivity index (χ4v) is 4.26. The number of aryl methyl sites for hydroxylation is 1. The third-order valence-electron chi connectivity index (χ3n) is 6.16. The molecule has 1 N–H and O–H groups in total. The van der Waals surface area contributed by atoms with Crippen molar-refractivity contribution < 1.29 is 28.0 Å². The van der Waals surface area contributed by atoms with E-state index in [0.29, 0.717) is 17.7 Å². The fraction of sp³-hybridized carbons (Fsp3) is 0.267. The van der Waals surface area contributed by atoms with Crippen LogP contribution >= 0.6 is 0 Å². The monoisotopic (exact) mass is 531 g/mol. The van der Waals surface area contributed by atoms with Crippen LogP contribution in [0, 0.1) is 5.82 Å². The Bertz CT molecular complexity index is 1470. The molecule has 0 aliphatic heterocycles. The van der Waals surface area contributed by atoms with Gasteiger partial charge in [-0.1, -0.05) is 48.5 Å². The van der Waals surface area contributed by atoms with Crippen molar-refractivity contribution in [1.82, 2.24) is 15.5 Å². The van der Waals surface area contributed by atoms with E-state index in [4.69, 9.17) is 14.0 Å². The minimum atomic E-state index is -0.742. The summed E-state index contributed by atoms with van der Waals surface area (Å²) >= 11 is 0. The van der Waals surface area contributed by atoms with Gasteiger partial charge in [0.25, 0.3) is 11.8 Å². The van der Waals surface area contributed by atoms with Crippen molar-refractivity contribution in [2.75, 3.05) is 20.3 Å². The number of carbonyl (C=O) groups excluding carboxylic acids is 2. The molecule has 9 heteroatoms. The van der Waals surface area contributed by atoms with Gasteiger partial charge in [0.1, 0.15) is 5.82 Å². The number of ether oxygens (including phenoxy) is 2. The second-order valence-corrected chi connectivity index (χ2v) is 8.74. The minimum Gasteiger partial charge on any atom is -0.466 e. The molecule has 0 aliphatic carbocycles. The van der Waals surface area contributed by atoms with Crippen molar-refractivity contribution in [2.45, 2.75) is 33.3 Å². The van der Waals surface area contributed by atoms with E-state index in [0.717, 1.165) is 23.1 Å². The Labute approximate surface area is 226 Å². The summed E-state index contributed by atoms with van der Waals surface area (Å²) in [6.45, 7) is 4.52. The van der Waals surface area contributed by atoms with Crippen LogP contribution in [0.1, 0.15) is 41.8 Å². The molecule has 0 spiro atoms. The van der Waals surface area contributed by atoms with Gasteiger partial charge in [0.05, 0.1) is 25.2 Å². The largest absolute Gasteiger partial charge is 0.466 e. The van der Waals surface area contributed by atoms with Gasteiger partial charge >= 0.3 is 5.97 Å². The van der Waals surface area contributed by atoms with E-state index < -0.39 is 17.7 Å². The summed E-state index contributed by atoms with van der Waals surface area (Å²) in [6, 6.07) is 18.2. The maximum absolute atomic E-state index is 14.8. The van der Waals surface area contributed by atoms with E-state index in [-0.39, 0.29) is 36.9 Å². The van der Waals surface area contributed by atoms with E-state index in [1.165, 1.54) is 17.7 Å². The Morgan fingerprint density at radius 2 is 1.74 bits per heavy atom. The summed E-state index contributed by atoms with van der Waals surface area (Å²) in [5.41, 5.74) is 5.33. The maximum atomic E-state index is 14.8. The number of halogens is 1. The van der Waals surface area contributed by atoms with Crippen LogP contribution in [-0.4, -0.2) is 42.3 Å². The van der Waals surface area contributed by atoms with E-state index in [1.54, 1.807) is 20.1 Å². The highest BCUT2D eigenvalue weighted by atomic mass is 19.1. The molecule has 1 aromatic heterocycles. The summed E-state index contributed by atoms with van der Waals surface area (Å²) in [7, 11) is 1.64. The molecule has 1 heterocycles. The summed E-state index contributed by atoms with van der Waals surface area (Å²) in [5, 5.41) is 6.53. The molecule has 0 radical (unpaired) electrons. The van der Waals surface area contributed by atoms with Gasteiger partial charge in [-0.3, -0.25) is 9.59 Å². The van der Waals surface area contributed by atoms with Crippen LogP contribution in [0.5, 0.6) is 0 Å². The number of rotatable bonds is 11. The molecule has 4 rings (SSSR count). The van der Waals surface area contributed by atoms with Crippen LogP contribution in [-0.2, 0) is 27.3 Å². The fourth-order valence-electron chi connectivity index (χ4n) is 4.26. The first kappa shape index (κ1) is 27.7. The molecule has 0 saturated heterocycles. The average molecular weight is 532 g/mol. The highest BCUT2D eigenvalue weighted by molar-refractivity contribution is 5.95. The Hall–Kier alpha value is -4.37. The summed E-state index contributed by atoms with van der Waals surface area (Å²) < 4.78 is 30.5. The molecule has 0 saturated carbocycles. The number of carbonyl (C=O) groups is 2. The molecule has 8 nitrogen and oxygen atoms in total. The number of benzene rings is 3. The number of hydrogen-bond donors (Lipinski definition) is 1. The van der Waals surface area contributed by atoms with Crippen LogP contribution in [0.4, 0.5) is 4.39 Å². The van der Waals surface area contributed by atoms with Gasteiger partial charge in [0, 0.05) is 24.8 Å². The minimum absolute atomic E-state index is 0.00308. The lowest BCUT2D eigenvalue weighted by Gasteiger charge is -2.13. The molecular formula is C30H30FN3O5. The molecule has 1 amide bonds. The standard InChI is InChI=1S/C30H30FN3O5/c1-4-19-8-6-7-9-23(19)24-12-11-21(16-22(24)18-37-3)30-33-28(34-39-30)20-10-13-25(26(31)17-20)29(36)32-15-14-27(35)38-5-2/h6-13,16-17H,4-5,14-15,18H2,1-3H3,(H,32,36). The number of nitrogens with one attached hydrogen (secondary N) is 1. The first-order valence-corrected chi connectivity index (χ1v) is 12.7. The Morgan fingerprint density at radius 1 is 0.974 bits per heavy atom. The topological polar surface area (TPSA) is 104 Å². The van der Waals surface area contributed by atoms with Crippen molar-refractivity contribution in [3.8, 4) is 34.0 Å². The predicted octanol–water partition coefficient (Wildman–Crippen LogP) is 5.60. The lowest BCUT2D eigenvalue weighted by Crippen LogP contribution is -2.27. The second-order valence-electron chi connectivity index (χ2n) is 8.74. The molecule has 202 valence electrons. The SMILES string of the molecule is CCOC(=O)CCNC(=O)c1ccc(-c2noc(-c3ccc(-c4ccccc4CC)c(COC)c3)n2)cc1F. The maximum Gasteiger partial charge on any atom is 0.307 e. The number of aromatic nitrogens is 2. The number of nitrogens with zero attached hydrogens (tertiary/aromatic N) is 2. The third kappa shape index (κ3) is 6.56. The van der Waals surface area contributed by atoms with Crippen molar-refractivity contribution in [1.29, 1.82) is 0 Å². The number of esters is 1. The second kappa shape index (κ2) is 12.9. The van der Waals surface area contributed by atoms with Crippen molar-refractivity contribution >= 4 is 11.9 Å². The van der Waals surface area contributed by atoms with Gasteiger partial charge in [-0.15, -0.1) is 0 Å². The zero-order valence-electron chi connectivity index (χ0n) is 22.1. The predicted molar refractivity (Wildman–Crippen MR) is 144 cm³/mol. The lowest BCUT2D eigenvalue weighted by atomic mass is 9.93. The van der Waals surface area contributed by atoms with E-state index >= 15 is 0 Å². The Kier molecular flexibility index (Phi) is 9.17. The van der Waals surface area contributed by atoms with Crippen LogP contribution in [0.2, 0.25) is 0 Å². The van der Waals surface area contributed by atoms with Crippen LogP contribution in [0.25, 0.3) is 34.0 Å². The van der Waals surface area contributed by atoms with Crippen LogP contribution in [0.15, 0.2) is 65.2 Å². The van der Waals surface area contributed by atoms with Gasteiger partial charge in [0.15, 0.2) is 0 Å². The van der Waals surface area contributed by atoms with Gasteiger partial charge < -0.3 is 19.3 Å². The Morgan fingerprint density at radius 3 is 2.49 bits per heavy atom.